The molecule has 1 aliphatic rings. The molecule has 0 bridgehead atoms. The SMILES string of the molecule is Cc1cc2c(N)nccc2cc1CNC(=O)c1nc(C)n(Cc2cnc(N3CCCC3)nc2)n1. The molecule has 1 amide bonds. The molecule has 1 aliphatic heterocycles. The lowest BCUT2D eigenvalue weighted by Gasteiger charge is -2.14. The van der Waals surface area contributed by atoms with Crippen LogP contribution in [0.1, 0.15) is 46.0 Å². The van der Waals surface area contributed by atoms with Crippen LogP contribution in [0.3, 0.4) is 0 Å². The van der Waals surface area contributed by atoms with Gasteiger partial charge in [-0.15, -0.1) is 5.10 Å². The van der Waals surface area contributed by atoms with Crippen LogP contribution in [0.25, 0.3) is 10.8 Å². The van der Waals surface area contributed by atoms with E-state index in [9.17, 15) is 4.79 Å². The number of nitrogens with one attached hydrogen (secondary N) is 1. The normalized spacial score (nSPS) is 13.5. The largest absolute Gasteiger partial charge is 0.383 e. The average molecular weight is 458 g/mol. The van der Waals surface area contributed by atoms with E-state index in [0.29, 0.717) is 24.7 Å². The molecule has 10 nitrogen and oxygen atoms in total. The molecule has 1 saturated heterocycles. The maximum Gasteiger partial charge on any atom is 0.291 e. The summed E-state index contributed by atoms with van der Waals surface area (Å²) in [6, 6.07) is 5.92. The van der Waals surface area contributed by atoms with Gasteiger partial charge in [-0.1, -0.05) is 0 Å². The molecule has 1 fully saturated rings. The van der Waals surface area contributed by atoms with Gasteiger partial charge >= 0.3 is 0 Å². The molecule has 174 valence electrons. The zero-order chi connectivity index (χ0) is 23.7. The fourth-order valence-electron chi connectivity index (χ4n) is 4.19. The second-order valence-corrected chi connectivity index (χ2v) is 8.60. The van der Waals surface area contributed by atoms with Gasteiger partial charge in [0.05, 0.1) is 6.54 Å². The van der Waals surface area contributed by atoms with Crippen LogP contribution in [-0.2, 0) is 13.1 Å². The van der Waals surface area contributed by atoms with Crippen molar-refractivity contribution >= 4 is 28.4 Å². The van der Waals surface area contributed by atoms with Crippen LogP contribution >= 0.6 is 0 Å². The second-order valence-electron chi connectivity index (χ2n) is 8.60. The first kappa shape index (κ1) is 21.7. The van der Waals surface area contributed by atoms with Gasteiger partial charge in [0.1, 0.15) is 11.6 Å². The van der Waals surface area contributed by atoms with E-state index in [4.69, 9.17) is 5.73 Å². The van der Waals surface area contributed by atoms with Crippen molar-refractivity contribution in [3.8, 4) is 0 Å². The minimum absolute atomic E-state index is 0.138. The molecule has 0 aliphatic carbocycles. The Labute approximate surface area is 197 Å². The summed E-state index contributed by atoms with van der Waals surface area (Å²) in [5.41, 5.74) is 8.90. The number of carbonyl (C=O) groups excluding carboxylic acids is 1. The third kappa shape index (κ3) is 4.39. The van der Waals surface area contributed by atoms with Crippen molar-refractivity contribution in [2.24, 2.45) is 0 Å². The Morgan fingerprint density at radius 1 is 1.12 bits per heavy atom. The van der Waals surface area contributed by atoms with Crippen molar-refractivity contribution in [3.05, 3.63) is 65.1 Å². The highest BCUT2D eigenvalue weighted by Crippen LogP contribution is 2.23. The molecule has 3 aromatic heterocycles. The molecule has 0 unspecified atom stereocenters. The number of aryl methyl sites for hydroxylation is 2. The van der Waals surface area contributed by atoms with E-state index in [-0.39, 0.29) is 11.7 Å². The number of fused-ring (bicyclic) bond motifs is 1. The number of nitrogens with two attached hydrogens (primary N) is 1. The summed E-state index contributed by atoms with van der Waals surface area (Å²) >= 11 is 0. The van der Waals surface area contributed by atoms with Crippen molar-refractivity contribution < 1.29 is 4.79 Å². The van der Waals surface area contributed by atoms with Gasteiger partial charge in [-0.3, -0.25) is 4.79 Å². The second kappa shape index (κ2) is 9.05. The van der Waals surface area contributed by atoms with Gasteiger partial charge in [-0.25, -0.2) is 24.6 Å². The standard InChI is InChI=1S/C24H27N9O/c1-15-9-20-18(5-6-26-21(20)25)10-19(15)13-27-23(34)22-30-16(2)33(31-22)14-17-11-28-24(29-12-17)32-7-3-4-8-32/h5-6,9-12H,3-4,7-8,13-14H2,1-2H3,(H2,25,26)(H,27,34). The van der Waals surface area contributed by atoms with Gasteiger partial charge in [-0.2, -0.15) is 0 Å². The Morgan fingerprint density at radius 2 is 1.88 bits per heavy atom. The number of aromatic nitrogens is 6. The fraction of sp³-hybridized carbons (Fsp3) is 0.333. The quantitative estimate of drug-likeness (QED) is 0.452. The molecule has 0 atom stereocenters. The molecule has 4 aromatic rings. The molecule has 5 rings (SSSR count). The molecular weight excluding hydrogens is 430 g/mol. The topological polar surface area (TPSA) is 128 Å². The lowest BCUT2D eigenvalue weighted by Crippen LogP contribution is -2.24. The summed E-state index contributed by atoms with van der Waals surface area (Å²) in [5, 5.41) is 9.22. The van der Waals surface area contributed by atoms with Gasteiger partial charge < -0.3 is 16.0 Å². The Hall–Kier alpha value is -4.08. The molecule has 3 N–H and O–H groups in total. The fourth-order valence-corrected chi connectivity index (χ4v) is 4.19. The van der Waals surface area contributed by atoms with Crippen molar-refractivity contribution in [2.75, 3.05) is 23.7 Å². The van der Waals surface area contributed by atoms with E-state index in [1.54, 1.807) is 10.9 Å². The summed E-state index contributed by atoms with van der Waals surface area (Å²) in [6.07, 6.45) is 7.67. The van der Waals surface area contributed by atoms with E-state index in [1.165, 1.54) is 12.8 Å². The number of benzene rings is 1. The Kier molecular flexibility index (Phi) is 5.79. The maximum atomic E-state index is 12.7. The van der Waals surface area contributed by atoms with Gasteiger partial charge in [0, 0.05) is 49.2 Å². The molecule has 0 saturated carbocycles. The highest BCUT2D eigenvalue weighted by atomic mass is 16.2. The van der Waals surface area contributed by atoms with Gasteiger partial charge in [0.25, 0.3) is 5.91 Å². The van der Waals surface area contributed by atoms with Crippen LogP contribution in [0, 0.1) is 13.8 Å². The van der Waals surface area contributed by atoms with Crippen LogP contribution in [0.4, 0.5) is 11.8 Å². The summed E-state index contributed by atoms with van der Waals surface area (Å²) in [4.78, 5) is 32.4. The minimum Gasteiger partial charge on any atom is -0.383 e. The minimum atomic E-state index is -0.323. The molecule has 0 radical (unpaired) electrons. The zero-order valence-corrected chi connectivity index (χ0v) is 19.3. The number of hydrogen-bond donors (Lipinski definition) is 2. The number of rotatable bonds is 6. The molecule has 34 heavy (non-hydrogen) atoms. The molecule has 4 heterocycles. The highest BCUT2D eigenvalue weighted by Gasteiger charge is 2.17. The Balaban J connectivity index is 1.25. The Morgan fingerprint density at radius 3 is 2.65 bits per heavy atom. The van der Waals surface area contributed by atoms with Crippen LogP contribution in [0.15, 0.2) is 36.8 Å². The van der Waals surface area contributed by atoms with Crippen LogP contribution in [-0.4, -0.2) is 48.7 Å². The lowest BCUT2D eigenvalue weighted by molar-refractivity contribution is 0.0940. The maximum absolute atomic E-state index is 12.7. The van der Waals surface area contributed by atoms with Crippen molar-refractivity contribution in [1.29, 1.82) is 0 Å². The number of amides is 1. The smallest absolute Gasteiger partial charge is 0.291 e. The van der Waals surface area contributed by atoms with E-state index in [0.717, 1.165) is 46.5 Å². The van der Waals surface area contributed by atoms with Crippen LogP contribution in [0.5, 0.6) is 0 Å². The van der Waals surface area contributed by atoms with Crippen molar-refractivity contribution in [1.82, 2.24) is 35.0 Å². The summed E-state index contributed by atoms with van der Waals surface area (Å²) in [6.45, 7) is 6.64. The average Bonchev–Trinajstić information content (AvgIpc) is 3.49. The Bertz CT molecular complexity index is 1340. The first-order valence-corrected chi connectivity index (χ1v) is 11.4. The third-order valence-electron chi connectivity index (χ3n) is 6.16. The van der Waals surface area contributed by atoms with Crippen LogP contribution in [0.2, 0.25) is 0 Å². The number of hydrogen-bond acceptors (Lipinski definition) is 8. The predicted molar refractivity (Wildman–Crippen MR) is 129 cm³/mol. The van der Waals surface area contributed by atoms with Gasteiger partial charge in [0.2, 0.25) is 11.8 Å². The first-order chi connectivity index (χ1) is 16.5. The zero-order valence-electron chi connectivity index (χ0n) is 19.3. The van der Waals surface area contributed by atoms with E-state index in [2.05, 4.69) is 35.3 Å². The monoisotopic (exact) mass is 457 g/mol. The first-order valence-electron chi connectivity index (χ1n) is 11.4. The molecule has 1 aromatic carbocycles. The van der Waals surface area contributed by atoms with E-state index < -0.39 is 0 Å². The number of carbonyl (C=O) groups is 1. The highest BCUT2D eigenvalue weighted by molar-refractivity contribution is 5.92. The summed E-state index contributed by atoms with van der Waals surface area (Å²) < 4.78 is 1.69. The van der Waals surface area contributed by atoms with E-state index >= 15 is 0 Å². The number of anilines is 2. The predicted octanol–water partition coefficient (Wildman–Crippen LogP) is 2.39. The summed E-state index contributed by atoms with van der Waals surface area (Å²) in [5.74, 6) is 1.73. The van der Waals surface area contributed by atoms with Gasteiger partial charge in [0.15, 0.2) is 0 Å². The van der Waals surface area contributed by atoms with Crippen LogP contribution < -0.4 is 16.0 Å². The number of nitrogen functional groups attached to an aromatic ring is 1. The number of pyridine rings is 1. The van der Waals surface area contributed by atoms with Crippen molar-refractivity contribution in [3.63, 3.8) is 0 Å². The molecular formula is C24H27N9O. The third-order valence-corrected chi connectivity index (χ3v) is 6.16. The number of nitrogens with zero attached hydrogens (tertiary/aromatic N) is 7. The lowest BCUT2D eigenvalue weighted by atomic mass is 10.0. The molecule has 0 spiro atoms. The van der Waals surface area contributed by atoms with Crippen molar-refractivity contribution in [2.45, 2.75) is 39.8 Å². The van der Waals surface area contributed by atoms with E-state index in [1.807, 2.05) is 44.4 Å². The van der Waals surface area contributed by atoms with Gasteiger partial charge in [-0.05, 0) is 61.4 Å². The summed E-state index contributed by atoms with van der Waals surface area (Å²) in [7, 11) is 0. The molecule has 10 heteroatoms.